The first-order valence-electron chi connectivity index (χ1n) is 11.7. The minimum absolute atomic E-state index is 0.0360. The second kappa shape index (κ2) is 8.45. The molecule has 0 bridgehead atoms. The molecule has 1 N–H and O–H groups in total. The van der Waals surface area contributed by atoms with E-state index in [0.717, 1.165) is 41.1 Å². The number of ether oxygens (including phenoxy) is 1. The van der Waals surface area contributed by atoms with E-state index in [9.17, 15) is 14.0 Å². The Morgan fingerprint density at radius 1 is 1.21 bits per heavy atom. The first-order chi connectivity index (χ1) is 15.9. The highest BCUT2D eigenvalue weighted by molar-refractivity contribution is 6.06. The Balaban J connectivity index is 1.54. The first kappa shape index (κ1) is 21.9. The summed E-state index contributed by atoms with van der Waals surface area (Å²) in [6, 6.07) is 5.83. The number of hydrogen-bond donors (Lipinski definition) is 1. The third-order valence-electron chi connectivity index (χ3n) is 6.75. The van der Waals surface area contributed by atoms with Crippen LogP contribution in [-0.2, 0) is 14.3 Å². The molecule has 33 heavy (non-hydrogen) atoms. The molecule has 4 aliphatic rings. The van der Waals surface area contributed by atoms with Crippen LogP contribution in [0.25, 0.3) is 5.57 Å². The summed E-state index contributed by atoms with van der Waals surface area (Å²) >= 11 is 0. The topological polar surface area (TPSA) is 61.9 Å². The molecule has 0 aromatic heterocycles. The molecule has 1 unspecified atom stereocenters. The Hall–Kier alpha value is -2.93. The molecule has 5 rings (SSSR count). The molecule has 6 nitrogen and oxygen atoms in total. The lowest BCUT2D eigenvalue weighted by atomic mass is 9.97. The van der Waals surface area contributed by atoms with Crippen LogP contribution in [0, 0.1) is 5.92 Å². The van der Waals surface area contributed by atoms with Crippen molar-refractivity contribution in [2.45, 2.75) is 44.8 Å². The fraction of sp³-hybridized carbons (Fsp3) is 0.462. The highest BCUT2D eigenvalue weighted by atomic mass is 19.1. The van der Waals surface area contributed by atoms with Gasteiger partial charge in [0.15, 0.2) is 5.67 Å². The molecule has 2 aliphatic carbocycles. The van der Waals surface area contributed by atoms with E-state index in [-0.39, 0.29) is 43.5 Å². The summed E-state index contributed by atoms with van der Waals surface area (Å²) in [6.07, 6.45) is 10.5. The van der Waals surface area contributed by atoms with E-state index in [1.165, 1.54) is 0 Å². The second-order valence-electron chi connectivity index (χ2n) is 9.55. The number of nitrogens with zero attached hydrogens (tertiary/aromatic N) is 2. The maximum atomic E-state index is 14.6. The third-order valence-corrected chi connectivity index (χ3v) is 6.75. The third kappa shape index (κ3) is 4.22. The number of rotatable bonds is 5. The van der Waals surface area contributed by atoms with E-state index in [1.807, 2.05) is 54.3 Å². The van der Waals surface area contributed by atoms with E-state index in [1.54, 1.807) is 11.8 Å². The highest BCUT2D eigenvalue weighted by Crippen LogP contribution is 2.42. The monoisotopic (exact) mass is 451 g/mol. The Bertz CT molecular complexity index is 1070. The van der Waals surface area contributed by atoms with Gasteiger partial charge < -0.3 is 19.9 Å². The average molecular weight is 452 g/mol. The predicted octanol–water partition coefficient (Wildman–Crippen LogP) is 3.74. The standard InChI is InChI=1S/C26H30FN3O3/c1-17-13-29(25(32)19-8-9-19)24-12-20(10-11-23(24)30(17)18(2)31)21-6-4-3-5-7-22(21)28-14-26(27)15-33-16-26/h3-6,10-12,17,19,28H,7-9,13-16H2,1-2H3. The SMILES string of the molecule is CC(=O)N1c2ccc(C3=C(NCC4(F)COC4)CC=CC=C3)cc2N(C(=O)C2CC2)CC1C. The van der Waals surface area contributed by atoms with Gasteiger partial charge in [0.2, 0.25) is 11.8 Å². The van der Waals surface area contributed by atoms with Crippen LogP contribution in [0.15, 0.2) is 48.2 Å². The summed E-state index contributed by atoms with van der Waals surface area (Å²) in [5.41, 5.74) is 3.01. The van der Waals surface area contributed by atoms with Crippen molar-refractivity contribution in [3.63, 3.8) is 0 Å². The van der Waals surface area contributed by atoms with Gasteiger partial charge >= 0.3 is 0 Å². The Kier molecular flexibility index (Phi) is 5.60. The molecule has 1 aromatic rings. The fourth-order valence-electron chi connectivity index (χ4n) is 4.79. The quantitative estimate of drug-likeness (QED) is 0.741. The largest absolute Gasteiger partial charge is 0.384 e. The summed E-state index contributed by atoms with van der Waals surface area (Å²) in [7, 11) is 0. The lowest BCUT2D eigenvalue weighted by molar-refractivity contribution is -0.126. The smallest absolute Gasteiger partial charge is 0.230 e. The number of anilines is 2. The number of nitrogens with one attached hydrogen (secondary N) is 1. The zero-order chi connectivity index (χ0) is 23.2. The van der Waals surface area contributed by atoms with E-state index >= 15 is 0 Å². The molecule has 7 heteroatoms. The van der Waals surface area contributed by atoms with Crippen LogP contribution in [0.4, 0.5) is 15.8 Å². The Morgan fingerprint density at radius 2 is 2.00 bits per heavy atom. The van der Waals surface area contributed by atoms with E-state index in [0.29, 0.717) is 13.0 Å². The van der Waals surface area contributed by atoms with Crippen LogP contribution < -0.4 is 15.1 Å². The van der Waals surface area contributed by atoms with E-state index in [2.05, 4.69) is 5.32 Å². The second-order valence-corrected chi connectivity index (χ2v) is 9.55. The molecule has 2 heterocycles. The minimum Gasteiger partial charge on any atom is -0.384 e. The molecule has 174 valence electrons. The van der Waals surface area contributed by atoms with Gasteiger partial charge in [-0.3, -0.25) is 9.59 Å². The summed E-state index contributed by atoms with van der Waals surface area (Å²) in [4.78, 5) is 29.2. The van der Waals surface area contributed by atoms with Crippen molar-refractivity contribution >= 4 is 28.8 Å². The van der Waals surface area contributed by atoms with Crippen LogP contribution in [0.2, 0.25) is 0 Å². The number of fused-ring (bicyclic) bond motifs is 1. The molecule has 0 radical (unpaired) electrons. The van der Waals surface area contributed by atoms with Gasteiger partial charge in [0.25, 0.3) is 0 Å². The van der Waals surface area contributed by atoms with Crippen LogP contribution in [0.3, 0.4) is 0 Å². The van der Waals surface area contributed by atoms with Gasteiger partial charge in [0, 0.05) is 37.1 Å². The van der Waals surface area contributed by atoms with Gasteiger partial charge in [0.05, 0.1) is 37.2 Å². The van der Waals surface area contributed by atoms with E-state index < -0.39 is 5.67 Å². The Morgan fingerprint density at radius 3 is 2.67 bits per heavy atom. The lowest BCUT2D eigenvalue weighted by Gasteiger charge is -2.41. The maximum Gasteiger partial charge on any atom is 0.230 e. The molecule has 2 aliphatic heterocycles. The van der Waals surface area contributed by atoms with E-state index in [4.69, 9.17) is 4.74 Å². The van der Waals surface area contributed by atoms with Gasteiger partial charge in [-0.15, -0.1) is 0 Å². The predicted molar refractivity (Wildman–Crippen MR) is 127 cm³/mol. The molecule has 1 saturated carbocycles. The number of alkyl halides is 1. The fourth-order valence-corrected chi connectivity index (χ4v) is 4.79. The average Bonchev–Trinajstić information content (AvgIpc) is 3.62. The van der Waals surface area contributed by atoms with Crippen molar-refractivity contribution in [1.82, 2.24) is 5.32 Å². The van der Waals surface area contributed by atoms with Crippen LogP contribution in [-0.4, -0.2) is 49.8 Å². The van der Waals surface area contributed by atoms with Crippen molar-refractivity contribution in [2.75, 3.05) is 36.1 Å². The Labute approximate surface area is 193 Å². The normalized spacial score (nSPS) is 23.7. The summed E-state index contributed by atoms with van der Waals surface area (Å²) < 4.78 is 19.6. The summed E-state index contributed by atoms with van der Waals surface area (Å²) in [5, 5.41) is 3.31. The van der Waals surface area contributed by atoms with Crippen LogP contribution >= 0.6 is 0 Å². The molecular weight excluding hydrogens is 421 g/mol. The van der Waals surface area contributed by atoms with Crippen molar-refractivity contribution < 1.29 is 18.7 Å². The molecule has 1 saturated heterocycles. The lowest BCUT2D eigenvalue weighted by Crippen LogP contribution is -2.52. The maximum absolute atomic E-state index is 14.6. The molecular formula is C26H30FN3O3. The van der Waals surface area contributed by atoms with Gasteiger partial charge in [-0.05, 0) is 37.5 Å². The van der Waals surface area contributed by atoms with Crippen molar-refractivity contribution in [1.29, 1.82) is 0 Å². The van der Waals surface area contributed by atoms with Crippen molar-refractivity contribution in [3.05, 3.63) is 53.8 Å². The highest BCUT2D eigenvalue weighted by Gasteiger charge is 2.40. The molecule has 1 aromatic carbocycles. The zero-order valence-electron chi connectivity index (χ0n) is 19.1. The van der Waals surface area contributed by atoms with Gasteiger partial charge in [0.1, 0.15) is 0 Å². The molecule has 2 fully saturated rings. The summed E-state index contributed by atoms with van der Waals surface area (Å²) in [6.45, 7) is 4.45. The number of hydrogen-bond acceptors (Lipinski definition) is 4. The minimum atomic E-state index is -1.33. The van der Waals surface area contributed by atoms with Gasteiger partial charge in [-0.2, -0.15) is 0 Å². The molecule has 0 spiro atoms. The number of carbonyl (C=O) groups excluding carboxylic acids is 2. The first-order valence-corrected chi connectivity index (χ1v) is 11.7. The van der Waals surface area contributed by atoms with Crippen LogP contribution in [0.5, 0.6) is 0 Å². The number of halogens is 1. The number of benzene rings is 1. The number of amides is 2. The van der Waals surface area contributed by atoms with Crippen molar-refractivity contribution in [3.8, 4) is 0 Å². The zero-order valence-corrected chi connectivity index (χ0v) is 19.1. The number of carbonyl (C=O) groups is 2. The van der Waals surface area contributed by atoms with Crippen molar-refractivity contribution in [2.24, 2.45) is 5.92 Å². The number of allylic oxidation sites excluding steroid dienone is 5. The molecule has 2 amide bonds. The molecule has 1 atom stereocenters. The van der Waals surface area contributed by atoms with Gasteiger partial charge in [-0.25, -0.2) is 4.39 Å². The van der Waals surface area contributed by atoms with Gasteiger partial charge in [-0.1, -0.05) is 30.4 Å². The summed E-state index contributed by atoms with van der Waals surface area (Å²) in [5.74, 6) is 0.186. The van der Waals surface area contributed by atoms with Crippen LogP contribution in [0.1, 0.15) is 38.7 Å².